The number of hydrogen-bond donors (Lipinski definition) is 2. The van der Waals surface area contributed by atoms with Crippen molar-refractivity contribution >= 4 is 5.91 Å². The molecule has 1 aromatic heterocycles. The van der Waals surface area contributed by atoms with E-state index >= 15 is 0 Å². The second-order valence-corrected chi connectivity index (χ2v) is 4.59. The summed E-state index contributed by atoms with van der Waals surface area (Å²) in [5, 5.41) is 16.1. The standard InChI is InChI=1S/C12H18N2O4/c1-8-6-12(14-18-8)17-7-11(16)13-9-4-2-3-5-10(9)15/h6,9-10,15H,2-5,7H2,1H3,(H,13,16)/t9-,10-/m0/s1. The number of nitrogens with one attached hydrogen (secondary N) is 1. The molecule has 100 valence electrons. The summed E-state index contributed by atoms with van der Waals surface area (Å²) in [5.41, 5.74) is 0. The fourth-order valence-corrected chi connectivity index (χ4v) is 2.08. The number of ether oxygens (including phenoxy) is 1. The highest BCUT2D eigenvalue weighted by Crippen LogP contribution is 2.18. The van der Waals surface area contributed by atoms with Crippen LogP contribution in [0.3, 0.4) is 0 Å². The van der Waals surface area contributed by atoms with Gasteiger partial charge in [-0.15, -0.1) is 0 Å². The van der Waals surface area contributed by atoms with Crippen molar-refractivity contribution in [3.8, 4) is 5.88 Å². The average molecular weight is 254 g/mol. The van der Waals surface area contributed by atoms with Gasteiger partial charge in [0.05, 0.1) is 12.1 Å². The largest absolute Gasteiger partial charge is 0.465 e. The van der Waals surface area contributed by atoms with E-state index in [4.69, 9.17) is 9.26 Å². The summed E-state index contributed by atoms with van der Waals surface area (Å²) < 4.78 is 9.98. The molecule has 1 fully saturated rings. The molecule has 0 saturated heterocycles. The maximum Gasteiger partial charge on any atom is 0.258 e. The maximum absolute atomic E-state index is 11.6. The number of amides is 1. The highest BCUT2D eigenvalue weighted by Gasteiger charge is 2.24. The molecule has 0 spiro atoms. The molecule has 0 aromatic carbocycles. The van der Waals surface area contributed by atoms with Crippen molar-refractivity contribution in [2.45, 2.75) is 44.8 Å². The van der Waals surface area contributed by atoms with E-state index in [1.165, 1.54) is 0 Å². The molecule has 1 amide bonds. The average Bonchev–Trinajstić information content (AvgIpc) is 2.76. The van der Waals surface area contributed by atoms with Crippen molar-refractivity contribution in [1.29, 1.82) is 0 Å². The van der Waals surface area contributed by atoms with Crippen molar-refractivity contribution in [1.82, 2.24) is 10.5 Å². The van der Waals surface area contributed by atoms with E-state index in [-0.39, 0.29) is 18.6 Å². The van der Waals surface area contributed by atoms with Gasteiger partial charge in [0, 0.05) is 6.07 Å². The van der Waals surface area contributed by atoms with Crippen LogP contribution < -0.4 is 10.1 Å². The molecule has 1 aliphatic rings. The number of nitrogens with zero attached hydrogens (tertiary/aromatic N) is 1. The normalized spacial score (nSPS) is 23.7. The summed E-state index contributed by atoms with van der Waals surface area (Å²) in [6.07, 6.45) is 3.16. The zero-order valence-corrected chi connectivity index (χ0v) is 10.4. The Hall–Kier alpha value is -1.56. The Morgan fingerprint density at radius 1 is 1.61 bits per heavy atom. The first-order chi connectivity index (χ1) is 8.65. The molecule has 2 rings (SSSR count). The summed E-state index contributed by atoms with van der Waals surface area (Å²) in [6, 6.07) is 1.46. The predicted octanol–water partition coefficient (Wildman–Crippen LogP) is 0.782. The fraction of sp³-hybridized carbons (Fsp3) is 0.667. The zero-order chi connectivity index (χ0) is 13.0. The second kappa shape index (κ2) is 5.86. The van der Waals surface area contributed by atoms with Crippen LogP contribution in [0.2, 0.25) is 0 Å². The number of aliphatic hydroxyl groups excluding tert-OH is 1. The molecular weight excluding hydrogens is 236 g/mol. The second-order valence-electron chi connectivity index (χ2n) is 4.59. The van der Waals surface area contributed by atoms with Gasteiger partial charge in [0.15, 0.2) is 6.61 Å². The fourth-order valence-electron chi connectivity index (χ4n) is 2.08. The highest BCUT2D eigenvalue weighted by molar-refractivity contribution is 5.77. The van der Waals surface area contributed by atoms with E-state index in [0.717, 1.165) is 25.7 Å². The van der Waals surface area contributed by atoms with Crippen LogP contribution in [-0.4, -0.2) is 34.9 Å². The predicted molar refractivity (Wildman–Crippen MR) is 63.1 cm³/mol. The number of aromatic nitrogens is 1. The van der Waals surface area contributed by atoms with Crippen LogP contribution in [0.4, 0.5) is 0 Å². The van der Waals surface area contributed by atoms with Crippen molar-refractivity contribution < 1.29 is 19.2 Å². The van der Waals surface area contributed by atoms with Crippen LogP contribution in [-0.2, 0) is 4.79 Å². The molecule has 0 radical (unpaired) electrons. The summed E-state index contributed by atoms with van der Waals surface area (Å²) >= 11 is 0. The Morgan fingerprint density at radius 3 is 3.06 bits per heavy atom. The minimum Gasteiger partial charge on any atom is -0.465 e. The van der Waals surface area contributed by atoms with E-state index in [9.17, 15) is 9.90 Å². The Balaban J connectivity index is 1.74. The van der Waals surface area contributed by atoms with Gasteiger partial charge in [0.25, 0.3) is 11.8 Å². The Labute approximate surface area is 105 Å². The first kappa shape index (κ1) is 12.9. The Kier molecular flexibility index (Phi) is 4.19. The van der Waals surface area contributed by atoms with Gasteiger partial charge in [-0.3, -0.25) is 4.79 Å². The van der Waals surface area contributed by atoms with E-state index in [2.05, 4.69) is 10.5 Å². The lowest BCUT2D eigenvalue weighted by molar-refractivity contribution is -0.125. The van der Waals surface area contributed by atoms with Gasteiger partial charge in [0.1, 0.15) is 5.76 Å². The molecule has 0 bridgehead atoms. The van der Waals surface area contributed by atoms with Crippen molar-refractivity contribution in [3.63, 3.8) is 0 Å². The van der Waals surface area contributed by atoms with Crippen LogP contribution in [0.15, 0.2) is 10.6 Å². The van der Waals surface area contributed by atoms with Crippen LogP contribution >= 0.6 is 0 Å². The van der Waals surface area contributed by atoms with Crippen LogP contribution in [0.1, 0.15) is 31.4 Å². The molecule has 0 unspecified atom stereocenters. The molecule has 1 saturated carbocycles. The van der Waals surface area contributed by atoms with E-state index in [1.54, 1.807) is 13.0 Å². The molecule has 18 heavy (non-hydrogen) atoms. The van der Waals surface area contributed by atoms with Crippen LogP contribution in [0.5, 0.6) is 5.88 Å². The number of carbonyl (C=O) groups excluding carboxylic acids is 1. The SMILES string of the molecule is Cc1cc(OCC(=O)N[C@H]2CCCC[C@@H]2O)no1. The number of rotatable bonds is 4. The molecule has 2 N–H and O–H groups in total. The lowest BCUT2D eigenvalue weighted by Gasteiger charge is -2.28. The third-order valence-electron chi connectivity index (χ3n) is 3.03. The minimum absolute atomic E-state index is 0.116. The number of aryl methyl sites for hydroxylation is 1. The Bertz CT molecular complexity index is 405. The summed E-state index contributed by atoms with van der Waals surface area (Å²) in [6.45, 7) is 1.63. The first-order valence-corrected chi connectivity index (χ1v) is 6.18. The molecule has 2 atom stereocenters. The molecule has 0 aliphatic heterocycles. The van der Waals surface area contributed by atoms with Gasteiger partial charge >= 0.3 is 0 Å². The number of hydrogen-bond acceptors (Lipinski definition) is 5. The maximum atomic E-state index is 11.6. The summed E-state index contributed by atoms with van der Waals surface area (Å²) in [5.74, 6) is 0.682. The summed E-state index contributed by atoms with van der Waals surface area (Å²) in [4.78, 5) is 11.6. The molecular formula is C12H18N2O4. The van der Waals surface area contributed by atoms with Gasteiger partial charge in [-0.25, -0.2) is 0 Å². The third-order valence-corrected chi connectivity index (χ3v) is 3.03. The van der Waals surface area contributed by atoms with Crippen molar-refractivity contribution in [2.75, 3.05) is 6.61 Å². The highest BCUT2D eigenvalue weighted by atomic mass is 16.5. The Morgan fingerprint density at radius 2 is 2.39 bits per heavy atom. The zero-order valence-electron chi connectivity index (χ0n) is 10.4. The van der Waals surface area contributed by atoms with Gasteiger partial charge in [-0.2, -0.15) is 0 Å². The molecule has 1 aromatic rings. The number of carbonyl (C=O) groups is 1. The topological polar surface area (TPSA) is 84.6 Å². The van der Waals surface area contributed by atoms with Gasteiger partial charge in [-0.1, -0.05) is 12.8 Å². The van der Waals surface area contributed by atoms with E-state index in [0.29, 0.717) is 11.6 Å². The lowest BCUT2D eigenvalue weighted by atomic mass is 9.92. The lowest BCUT2D eigenvalue weighted by Crippen LogP contribution is -2.46. The van der Waals surface area contributed by atoms with E-state index in [1.807, 2.05) is 0 Å². The van der Waals surface area contributed by atoms with Crippen LogP contribution in [0.25, 0.3) is 0 Å². The monoisotopic (exact) mass is 254 g/mol. The summed E-state index contributed by atoms with van der Waals surface area (Å²) in [7, 11) is 0. The van der Waals surface area contributed by atoms with E-state index < -0.39 is 6.10 Å². The molecule has 1 aliphatic carbocycles. The van der Waals surface area contributed by atoms with Crippen molar-refractivity contribution in [3.05, 3.63) is 11.8 Å². The smallest absolute Gasteiger partial charge is 0.258 e. The number of aliphatic hydroxyl groups is 1. The van der Waals surface area contributed by atoms with Gasteiger partial charge in [-0.05, 0) is 24.9 Å². The molecule has 6 nitrogen and oxygen atoms in total. The minimum atomic E-state index is -0.447. The van der Waals surface area contributed by atoms with Crippen LogP contribution in [0, 0.1) is 6.92 Å². The quantitative estimate of drug-likeness (QED) is 0.829. The van der Waals surface area contributed by atoms with Gasteiger partial charge < -0.3 is 19.7 Å². The third kappa shape index (κ3) is 3.46. The first-order valence-electron chi connectivity index (χ1n) is 6.18. The molecule has 1 heterocycles. The van der Waals surface area contributed by atoms with Crippen molar-refractivity contribution in [2.24, 2.45) is 0 Å². The van der Waals surface area contributed by atoms with Gasteiger partial charge in [0.2, 0.25) is 0 Å². The molecule has 6 heteroatoms.